The number of H-pyrrole nitrogens is 1. The maximum Gasteiger partial charge on any atom is 0.353 e. The van der Waals surface area contributed by atoms with E-state index in [1.54, 1.807) is 0 Å². The molecule has 5 heteroatoms. The molecule has 1 aromatic carbocycles. The minimum absolute atomic E-state index is 0.00334. The minimum atomic E-state index is -1.07. The summed E-state index contributed by atoms with van der Waals surface area (Å²) in [6.07, 6.45) is 0.826. The number of carboxylic acids is 1. The summed E-state index contributed by atoms with van der Waals surface area (Å²) in [7, 11) is 0. The van der Waals surface area contributed by atoms with Crippen LogP contribution in [0.15, 0.2) is 18.2 Å². The van der Waals surface area contributed by atoms with Crippen LogP contribution in [0.1, 0.15) is 49.3 Å². The van der Waals surface area contributed by atoms with E-state index in [1.807, 2.05) is 39.8 Å². The van der Waals surface area contributed by atoms with Gasteiger partial charge in [-0.05, 0) is 29.5 Å². The largest absolute Gasteiger partial charge is 0.507 e. The Balaban J connectivity index is 2.64. The first-order valence-corrected chi connectivity index (χ1v) is 6.89. The lowest BCUT2D eigenvalue weighted by Gasteiger charge is -2.23. The molecule has 0 aliphatic carbocycles. The Hall–Kier alpha value is -2.30. The Bertz CT molecular complexity index is 681. The van der Waals surface area contributed by atoms with Crippen LogP contribution < -0.4 is 0 Å². The Kier molecular flexibility index (Phi) is 3.77. The zero-order chi connectivity index (χ0) is 15.8. The summed E-state index contributed by atoms with van der Waals surface area (Å²) in [4.78, 5) is 10.9. The maximum atomic E-state index is 10.9. The van der Waals surface area contributed by atoms with E-state index in [0.29, 0.717) is 11.3 Å². The number of aromatic carboxylic acids is 1. The Morgan fingerprint density at radius 1 is 1.29 bits per heavy atom. The van der Waals surface area contributed by atoms with Crippen LogP contribution >= 0.6 is 0 Å². The average Bonchev–Trinajstić information content (AvgIpc) is 2.87. The molecule has 2 aromatic rings. The zero-order valence-electron chi connectivity index (χ0n) is 12.7. The van der Waals surface area contributed by atoms with Crippen molar-refractivity contribution in [1.82, 2.24) is 10.2 Å². The van der Waals surface area contributed by atoms with Crippen molar-refractivity contribution in [3.63, 3.8) is 0 Å². The molecule has 112 valence electrons. The quantitative estimate of drug-likeness (QED) is 0.808. The highest BCUT2D eigenvalue weighted by Crippen LogP contribution is 2.39. The lowest BCUT2D eigenvalue weighted by molar-refractivity contribution is 0.0690. The number of nitrogens with one attached hydrogen (secondary N) is 1. The van der Waals surface area contributed by atoms with Gasteiger partial charge in [0, 0.05) is 11.1 Å². The number of aromatic hydroxyl groups is 1. The number of nitrogens with zero attached hydrogens (tertiary/aromatic N) is 1. The van der Waals surface area contributed by atoms with E-state index in [1.165, 1.54) is 6.07 Å². The number of hydrogen-bond acceptors (Lipinski definition) is 3. The molecule has 0 radical (unpaired) electrons. The third-order valence-electron chi connectivity index (χ3n) is 3.47. The molecule has 21 heavy (non-hydrogen) atoms. The fourth-order valence-electron chi connectivity index (χ4n) is 2.23. The summed E-state index contributed by atoms with van der Waals surface area (Å²) in [6.45, 7) is 8.12. The number of aryl methyl sites for hydroxylation is 1. The van der Waals surface area contributed by atoms with Crippen molar-refractivity contribution < 1.29 is 15.0 Å². The standard InChI is InChI=1S/C16H20N2O3/c1-5-9-6-10(12-8-13(15(20)21)18-17-12)14(19)11(7-9)16(2,3)4/h6-8,19H,5H2,1-4H3,(H,17,18)(H,20,21). The number of carboxylic acid groups (broad SMARTS) is 1. The first-order chi connectivity index (χ1) is 9.74. The van der Waals surface area contributed by atoms with Crippen LogP contribution in [-0.2, 0) is 11.8 Å². The second kappa shape index (κ2) is 5.24. The number of aromatic amines is 1. The molecular weight excluding hydrogens is 268 g/mol. The summed E-state index contributed by atoms with van der Waals surface area (Å²) in [5, 5.41) is 26.0. The number of hydrogen-bond donors (Lipinski definition) is 3. The van der Waals surface area contributed by atoms with Gasteiger partial charge >= 0.3 is 5.97 Å². The first kappa shape index (κ1) is 15.1. The van der Waals surface area contributed by atoms with Crippen molar-refractivity contribution in [1.29, 1.82) is 0 Å². The van der Waals surface area contributed by atoms with Crippen LogP contribution in [-0.4, -0.2) is 26.4 Å². The molecule has 0 saturated carbocycles. The molecule has 0 fully saturated rings. The monoisotopic (exact) mass is 288 g/mol. The van der Waals surface area contributed by atoms with Crippen LogP contribution in [0.4, 0.5) is 0 Å². The Labute approximate surface area is 123 Å². The number of phenols is 1. The molecule has 3 N–H and O–H groups in total. The molecule has 0 amide bonds. The highest BCUT2D eigenvalue weighted by molar-refractivity contribution is 5.87. The van der Waals surface area contributed by atoms with Crippen LogP contribution in [0.2, 0.25) is 0 Å². The highest BCUT2D eigenvalue weighted by atomic mass is 16.4. The molecule has 0 aliphatic heterocycles. The van der Waals surface area contributed by atoms with E-state index >= 15 is 0 Å². The van der Waals surface area contributed by atoms with Gasteiger partial charge in [-0.25, -0.2) is 4.79 Å². The molecule has 0 saturated heterocycles. The third kappa shape index (κ3) is 2.91. The molecule has 2 rings (SSSR count). The van der Waals surface area contributed by atoms with Crippen molar-refractivity contribution in [2.45, 2.75) is 39.5 Å². The maximum absolute atomic E-state index is 10.9. The molecule has 5 nitrogen and oxygen atoms in total. The number of aromatic nitrogens is 2. The van der Waals surface area contributed by atoms with Gasteiger partial charge in [0.15, 0.2) is 0 Å². The summed E-state index contributed by atoms with van der Waals surface area (Å²) >= 11 is 0. The van der Waals surface area contributed by atoms with Crippen LogP contribution in [0.25, 0.3) is 11.3 Å². The number of benzene rings is 1. The summed E-state index contributed by atoms with van der Waals surface area (Å²) in [5.41, 5.74) is 2.69. The zero-order valence-corrected chi connectivity index (χ0v) is 12.7. The van der Waals surface area contributed by atoms with Crippen LogP contribution in [0.3, 0.4) is 0 Å². The normalized spacial score (nSPS) is 11.6. The lowest BCUT2D eigenvalue weighted by atomic mass is 9.83. The second-order valence-corrected chi connectivity index (χ2v) is 6.12. The summed E-state index contributed by atoms with van der Waals surface area (Å²) < 4.78 is 0. The van der Waals surface area contributed by atoms with E-state index in [2.05, 4.69) is 10.2 Å². The average molecular weight is 288 g/mol. The van der Waals surface area contributed by atoms with Gasteiger partial charge in [0.1, 0.15) is 11.4 Å². The molecule has 0 unspecified atom stereocenters. The van der Waals surface area contributed by atoms with Gasteiger partial charge < -0.3 is 10.2 Å². The predicted octanol–water partition coefficient (Wildman–Crippen LogP) is 3.34. The minimum Gasteiger partial charge on any atom is -0.507 e. The van der Waals surface area contributed by atoms with E-state index in [0.717, 1.165) is 17.5 Å². The van der Waals surface area contributed by atoms with Crippen molar-refractivity contribution in [2.24, 2.45) is 0 Å². The second-order valence-electron chi connectivity index (χ2n) is 6.12. The molecule has 0 bridgehead atoms. The van der Waals surface area contributed by atoms with E-state index in [4.69, 9.17) is 5.11 Å². The van der Waals surface area contributed by atoms with Gasteiger partial charge in [0.2, 0.25) is 0 Å². The summed E-state index contributed by atoms with van der Waals surface area (Å²) in [5.74, 6) is -0.918. The predicted molar refractivity (Wildman–Crippen MR) is 80.7 cm³/mol. The number of carbonyl (C=O) groups is 1. The van der Waals surface area contributed by atoms with E-state index in [9.17, 15) is 9.90 Å². The number of phenolic OH excluding ortho intramolecular Hbond substituents is 1. The molecule has 0 spiro atoms. The Morgan fingerprint density at radius 3 is 2.43 bits per heavy atom. The lowest BCUT2D eigenvalue weighted by Crippen LogP contribution is -2.12. The van der Waals surface area contributed by atoms with Gasteiger partial charge in [-0.1, -0.05) is 33.8 Å². The molecule has 0 aliphatic rings. The molecule has 0 atom stereocenters. The molecule has 1 heterocycles. The van der Waals surface area contributed by atoms with E-state index < -0.39 is 5.97 Å². The van der Waals surface area contributed by atoms with Gasteiger partial charge in [-0.3, -0.25) is 5.10 Å². The smallest absolute Gasteiger partial charge is 0.353 e. The fraction of sp³-hybridized carbons (Fsp3) is 0.375. The third-order valence-corrected chi connectivity index (χ3v) is 3.47. The van der Waals surface area contributed by atoms with E-state index in [-0.39, 0.29) is 16.9 Å². The van der Waals surface area contributed by atoms with Gasteiger partial charge in [-0.15, -0.1) is 0 Å². The van der Waals surface area contributed by atoms with Crippen LogP contribution in [0.5, 0.6) is 5.75 Å². The van der Waals surface area contributed by atoms with Gasteiger partial charge in [-0.2, -0.15) is 5.10 Å². The topological polar surface area (TPSA) is 86.2 Å². The van der Waals surface area contributed by atoms with Gasteiger partial charge in [0.25, 0.3) is 0 Å². The van der Waals surface area contributed by atoms with Crippen molar-refractivity contribution >= 4 is 5.97 Å². The summed E-state index contributed by atoms with van der Waals surface area (Å²) in [6, 6.07) is 5.28. The van der Waals surface area contributed by atoms with Crippen molar-refractivity contribution in [3.8, 4) is 17.0 Å². The van der Waals surface area contributed by atoms with Gasteiger partial charge in [0.05, 0.1) is 5.69 Å². The molecular formula is C16H20N2O3. The van der Waals surface area contributed by atoms with Crippen LogP contribution in [0, 0.1) is 0 Å². The first-order valence-electron chi connectivity index (χ1n) is 6.89. The fourth-order valence-corrected chi connectivity index (χ4v) is 2.23. The van der Waals surface area contributed by atoms with Crippen molar-refractivity contribution in [2.75, 3.05) is 0 Å². The number of rotatable bonds is 3. The highest BCUT2D eigenvalue weighted by Gasteiger charge is 2.23. The van der Waals surface area contributed by atoms with Crippen molar-refractivity contribution in [3.05, 3.63) is 35.0 Å². The Morgan fingerprint density at radius 2 is 1.95 bits per heavy atom. The molecule has 1 aromatic heterocycles. The SMILES string of the molecule is CCc1cc(-c2cc(C(=O)O)[nH]n2)c(O)c(C(C)(C)C)c1.